The largest absolute Gasteiger partial charge is 0.292 e. The van der Waals surface area contributed by atoms with E-state index in [1.54, 1.807) is 13.0 Å². The van der Waals surface area contributed by atoms with Crippen molar-refractivity contribution in [2.45, 2.75) is 18.7 Å². The molecule has 0 unspecified atom stereocenters. The minimum absolute atomic E-state index is 0.0718. The van der Waals surface area contributed by atoms with Gasteiger partial charge < -0.3 is 0 Å². The molecule has 0 bridgehead atoms. The molecular formula is C11H14N6O2S. The van der Waals surface area contributed by atoms with Crippen LogP contribution in [0.5, 0.6) is 0 Å². The average Bonchev–Trinajstić information content (AvgIpc) is 2.37. The highest BCUT2D eigenvalue weighted by Crippen LogP contribution is 2.15. The van der Waals surface area contributed by atoms with E-state index in [1.807, 2.05) is 13.0 Å². The number of nitrogens with zero attached hydrogens (tertiary/aromatic N) is 3. The van der Waals surface area contributed by atoms with Crippen LogP contribution in [0.1, 0.15) is 11.3 Å². The Morgan fingerprint density at radius 2 is 1.80 bits per heavy atom. The van der Waals surface area contributed by atoms with Crippen LogP contribution in [0.25, 0.3) is 0 Å². The molecule has 0 aliphatic heterocycles. The van der Waals surface area contributed by atoms with Gasteiger partial charge in [0.25, 0.3) is 10.0 Å². The summed E-state index contributed by atoms with van der Waals surface area (Å²) in [4.78, 5) is 11.5. The molecule has 2 rings (SSSR count). The van der Waals surface area contributed by atoms with E-state index >= 15 is 0 Å². The van der Waals surface area contributed by atoms with Crippen LogP contribution < -0.4 is 16.0 Å². The number of aryl methyl sites for hydroxylation is 2. The van der Waals surface area contributed by atoms with Gasteiger partial charge in [-0.05, 0) is 31.5 Å². The second kappa shape index (κ2) is 5.39. The number of nitrogen functional groups attached to an aromatic ring is 1. The van der Waals surface area contributed by atoms with Gasteiger partial charge in [-0.2, -0.15) is 0 Å². The summed E-state index contributed by atoms with van der Waals surface area (Å²) < 4.78 is 26.7. The number of sulfonamides is 1. The lowest BCUT2D eigenvalue weighted by atomic mass is 10.2. The highest BCUT2D eigenvalue weighted by Gasteiger charge is 2.16. The first kappa shape index (κ1) is 14.2. The summed E-state index contributed by atoms with van der Waals surface area (Å²) in [5.74, 6) is 5.50. The minimum atomic E-state index is -3.78. The summed E-state index contributed by atoms with van der Waals surface area (Å²) in [6.45, 7) is 3.65. The Morgan fingerprint density at radius 1 is 1.15 bits per heavy atom. The second-order valence-electron chi connectivity index (χ2n) is 4.16. The number of hydrazine groups is 1. The van der Waals surface area contributed by atoms with Gasteiger partial charge >= 0.3 is 0 Å². The molecule has 0 aromatic carbocycles. The lowest BCUT2D eigenvalue weighted by molar-refractivity contribution is 0.600. The Hall–Kier alpha value is -2.26. The van der Waals surface area contributed by atoms with E-state index in [9.17, 15) is 8.42 Å². The molecule has 0 aliphatic rings. The van der Waals surface area contributed by atoms with Gasteiger partial charge in [0.2, 0.25) is 5.95 Å². The van der Waals surface area contributed by atoms with Crippen molar-refractivity contribution in [3.8, 4) is 0 Å². The number of aromatic nitrogens is 3. The maximum atomic E-state index is 12.1. The fourth-order valence-corrected chi connectivity index (χ4v) is 2.50. The molecule has 20 heavy (non-hydrogen) atoms. The summed E-state index contributed by atoms with van der Waals surface area (Å²) in [5.41, 5.74) is 3.86. The van der Waals surface area contributed by atoms with Gasteiger partial charge in [0.15, 0.2) is 0 Å². The van der Waals surface area contributed by atoms with Crippen LogP contribution in [0.2, 0.25) is 0 Å². The third-order valence-electron chi connectivity index (χ3n) is 2.40. The van der Waals surface area contributed by atoms with Crippen molar-refractivity contribution in [2.75, 3.05) is 10.1 Å². The van der Waals surface area contributed by atoms with E-state index in [2.05, 4.69) is 25.1 Å². The third kappa shape index (κ3) is 3.19. The number of nitrogens with one attached hydrogen (secondary N) is 2. The van der Waals surface area contributed by atoms with Crippen molar-refractivity contribution in [2.24, 2.45) is 5.84 Å². The number of hydrogen-bond acceptors (Lipinski definition) is 7. The molecule has 9 heteroatoms. The molecule has 0 amide bonds. The molecule has 4 N–H and O–H groups in total. The maximum Gasteiger partial charge on any atom is 0.266 e. The van der Waals surface area contributed by atoms with E-state index < -0.39 is 10.0 Å². The molecule has 0 saturated carbocycles. The Balaban J connectivity index is 2.30. The summed E-state index contributed by atoms with van der Waals surface area (Å²) in [6.07, 6.45) is 2.32. The van der Waals surface area contributed by atoms with Crippen molar-refractivity contribution in [1.82, 2.24) is 15.0 Å². The van der Waals surface area contributed by atoms with Gasteiger partial charge in [0, 0.05) is 5.69 Å². The zero-order valence-electron chi connectivity index (χ0n) is 11.0. The SMILES string of the molecule is Cc1cc(C)nc(NS(=O)(=O)c2cnc(NN)nc2)c1. The first-order chi connectivity index (χ1) is 9.40. The Bertz CT molecular complexity index is 694. The van der Waals surface area contributed by atoms with Gasteiger partial charge in [0.05, 0.1) is 12.4 Å². The summed E-state index contributed by atoms with van der Waals surface area (Å²) >= 11 is 0. The zero-order chi connectivity index (χ0) is 14.8. The van der Waals surface area contributed by atoms with E-state index in [-0.39, 0.29) is 16.7 Å². The van der Waals surface area contributed by atoms with Crippen molar-refractivity contribution in [3.63, 3.8) is 0 Å². The van der Waals surface area contributed by atoms with Crippen LogP contribution in [0.3, 0.4) is 0 Å². The highest BCUT2D eigenvalue weighted by molar-refractivity contribution is 7.92. The van der Waals surface area contributed by atoms with Crippen molar-refractivity contribution >= 4 is 21.8 Å². The Kier molecular flexibility index (Phi) is 3.81. The normalized spacial score (nSPS) is 11.2. The third-order valence-corrected chi connectivity index (χ3v) is 3.71. The molecule has 0 fully saturated rings. The lowest BCUT2D eigenvalue weighted by Crippen LogP contribution is -2.16. The molecule has 106 valence electrons. The number of pyridine rings is 1. The summed E-state index contributed by atoms with van der Waals surface area (Å²) in [6, 6.07) is 3.49. The molecule has 2 heterocycles. The number of nitrogens with two attached hydrogens (primary N) is 1. The van der Waals surface area contributed by atoms with Crippen molar-refractivity contribution in [3.05, 3.63) is 35.8 Å². The molecule has 2 aromatic rings. The van der Waals surface area contributed by atoms with Crippen LogP contribution in [-0.2, 0) is 10.0 Å². The monoisotopic (exact) mass is 294 g/mol. The topological polar surface area (TPSA) is 123 Å². The molecule has 0 aliphatic carbocycles. The van der Waals surface area contributed by atoms with Crippen LogP contribution in [0, 0.1) is 13.8 Å². The van der Waals surface area contributed by atoms with Crippen molar-refractivity contribution in [1.29, 1.82) is 0 Å². The van der Waals surface area contributed by atoms with E-state index in [4.69, 9.17) is 5.84 Å². The van der Waals surface area contributed by atoms with Gasteiger partial charge in [0.1, 0.15) is 10.7 Å². The molecule has 0 radical (unpaired) electrons. The average molecular weight is 294 g/mol. The van der Waals surface area contributed by atoms with Gasteiger partial charge in [-0.15, -0.1) is 0 Å². The van der Waals surface area contributed by atoms with Crippen LogP contribution in [-0.4, -0.2) is 23.4 Å². The molecule has 8 nitrogen and oxygen atoms in total. The fraction of sp³-hybridized carbons (Fsp3) is 0.182. The Labute approximate surface area is 116 Å². The van der Waals surface area contributed by atoms with Crippen LogP contribution in [0.15, 0.2) is 29.4 Å². The smallest absolute Gasteiger partial charge is 0.266 e. The lowest BCUT2D eigenvalue weighted by Gasteiger charge is -2.08. The second-order valence-corrected chi connectivity index (χ2v) is 5.85. The standard InChI is InChI=1S/C11H14N6O2S/c1-7-3-8(2)15-10(4-7)17-20(18,19)9-5-13-11(16-12)14-6-9/h3-6H,12H2,1-2H3,(H,15,17)(H,13,14,16). The van der Waals surface area contributed by atoms with Gasteiger partial charge in [-0.3, -0.25) is 10.1 Å². The predicted molar refractivity (Wildman–Crippen MR) is 74.4 cm³/mol. The van der Waals surface area contributed by atoms with Crippen LogP contribution >= 0.6 is 0 Å². The van der Waals surface area contributed by atoms with E-state index in [0.29, 0.717) is 0 Å². The zero-order valence-corrected chi connectivity index (χ0v) is 11.8. The summed E-state index contributed by atoms with van der Waals surface area (Å²) in [5, 5.41) is 0. The van der Waals surface area contributed by atoms with Gasteiger partial charge in [-0.25, -0.2) is 29.2 Å². The quantitative estimate of drug-likeness (QED) is 0.556. The van der Waals surface area contributed by atoms with Crippen molar-refractivity contribution < 1.29 is 8.42 Å². The summed E-state index contributed by atoms with van der Waals surface area (Å²) in [7, 11) is -3.78. The number of rotatable bonds is 4. The predicted octanol–water partition coefficient (Wildman–Crippen LogP) is 0.575. The number of hydrogen-bond donors (Lipinski definition) is 3. The van der Waals surface area contributed by atoms with E-state index in [1.165, 1.54) is 0 Å². The fourth-order valence-electron chi connectivity index (χ4n) is 1.62. The first-order valence-electron chi connectivity index (χ1n) is 5.67. The van der Waals surface area contributed by atoms with Gasteiger partial charge in [-0.1, -0.05) is 0 Å². The Morgan fingerprint density at radius 3 is 2.35 bits per heavy atom. The molecular weight excluding hydrogens is 280 g/mol. The molecule has 0 spiro atoms. The number of anilines is 2. The highest BCUT2D eigenvalue weighted by atomic mass is 32.2. The minimum Gasteiger partial charge on any atom is -0.292 e. The molecule has 0 saturated heterocycles. The molecule has 2 aromatic heterocycles. The first-order valence-corrected chi connectivity index (χ1v) is 7.16. The maximum absolute atomic E-state index is 12.1. The van der Waals surface area contributed by atoms with E-state index in [0.717, 1.165) is 23.7 Å². The van der Waals surface area contributed by atoms with Crippen LogP contribution in [0.4, 0.5) is 11.8 Å². The molecule has 0 atom stereocenters.